The molecule has 0 aliphatic carbocycles. The van der Waals surface area contributed by atoms with Crippen molar-refractivity contribution in [3.8, 4) is 0 Å². The lowest BCUT2D eigenvalue weighted by Gasteiger charge is -2.20. The molecule has 1 aromatic carbocycles. The Balaban J connectivity index is 0.00000162. The van der Waals surface area contributed by atoms with Gasteiger partial charge in [-0.3, -0.25) is 4.79 Å². The van der Waals surface area contributed by atoms with E-state index in [1.807, 2.05) is 35.2 Å². The average molecular weight is 269 g/mol. The van der Waals surface area contributed by atoms with E-state index in [1.54, 1.807) is 0 Å². The standard InChI is InChI=1S/C14H20N2O.ClH/c1-14(2)8-9-16(11-14)13(17)10-15-12-6-4-3-5-7-12;/h3-7,15H,8-11H2,1-2H3;1H. The van der Waals surface area contributed by atoms with Crippen LogP contribution in [-0.4, -0.2) is 30.4 Å². The van der Waals surface area contributed by atoms with Gasteiger partial charge in [-0.05, 0) is 24.0 Å². The summed E-state index contributed by atoms with van der Waals surface area (Å²) in [5.41, 5.74) is 1.28. The molecular weight excluding hydrogens is 248 g/mol. The molecule has 1 aliphatic rings. The van der Waals surface area contributed by atoms with E-state index in [9.17, 15) is 4.79 Å². The molecule has 0 saturated carbocycles. The van der Waals surface area contributed by atoms with Crippen molar-refractivity contribution < 1.29 is 4.79 Å². The van der Waals surface area contributed by atoms with Crippen molar-refractivity contribution in [3.63, 3.8) is 0 Å². The highest BCUT2D eigenvalue weighted by Gasteiger charge is 2.31. The fourth-order valence-corrected chi connectivity index (χ4v) is 2.17. The van der Waals surface area contributed by atoms with E-state index in [4.69, 9.17) is 0 Å². The smallest absolute Gasteiger partial charge is 0.241 e. The van der Waals surface area contributed by atoms with Gasteiger partial charge in [0.2, 0.25) is 5.91 Å². The van der Waals surface area contributed by atoms with E-state index in [1.165, 1.54) is 0 Å². The van der Waals surface area contributed by atoms with Gasteiger partial charge in [-0.1, -0.05) is 32.0 Å². The van der Waals surface area contributed by atoms with Crippen LogP contribution < -0.4 is 5.32 Å². The monoisotopic (exact) mass is 268 g/mol. The molecule has 4 heteroatoms. The molecule has 0 aromatic heterocycles. The minimum absolute atomic E-state index is 0. The van der Waals surface area contributed by atoms with Gasteiger partial charge in [-0.15, -0.1) is 12.4 Å². The van der Waals surface area contributed by atoms with Crippen LogP contribution in [0.2, 0.25) is 0 Å². The summed E-state index contributed by atoms with van der Waals surface area (Å²) < 4.78 is 0. The predicted octanol–water partition coefficient (Wildman–Crippen LogP) is 2.78. The summed E-state index contributed by atoms with van der Waals surface area (Å²) in [5, 5.41) is 3.16. The van der Waals surface area contributed by atoms with Gasteiger partial charge in [0, 0.05) is 18.8 Å². The fraction of sp³-hybridized carbons (Fsp3) is 0.500. The van der Waals surface area contributed by atoms with Crippen LogP contribution >= 0.6 is 12.4 Å². The molecule has 0 atom stereocenters. The molecular formula is C14H21ClN2O. The largest absolute Gasteiger partial charge is 0.376 e. The number of nitrogens with zero attached hydrogens (tertiary/aromatic N) is 1. The van der Waals surface area contributed by atoms with Gasteiger partial charge in [0.25, 0.3) is 0 Å². The minimum Gasteiger partial charge on any atom is -0.376 e. The maximum absolute atomic E-state index is 12.0. The van der Waals surface area contributed by atoms with Gasteiger partial charge in [0.1, 0.15) is 0 Å². The van der Waals surface area contributed by atoms with Crippen LogP contribution in [0.4, 0.5) is 5.69 Å². The Morgan fingerprint density at radius 1 is 1.33 bits per heavy atom. The minimum atomic E-state index is 0. The Labute approximate surface area is 115 Å². The summed E-state index contributed by atoms with van der Waals surface area (Å²) in [6, 6.07) is 9.84. The lowest BCUT2D eigenvalue weighted by atomic mass is 9.93. The Morgan fingerprint density at radius 3 is 2.56 bits per heavy atom. The van der Waals surface area contributed by atoms with E-state index in [0.29, 0.717) is 6.54 Å². The van der Waals surface area contributed by atoms with Crippen molar-refractivity contribution >= 4 is 24.0 Å². The highest BCUT2D eigenvalue weighted by Crippen LogP contribution is 2.28. The first-order valence-corrected chi connectivity index (χ1v) is 6.14. The molecule has 1 amide bonds. The second kappa shape index (κ2) is 6.10. The van der Waals surface area contributed by atoms with Gasteiger partial charge in [0.15, 0.2) is 0 Å². The topological polar surface area (TPSA) is 32.3 Å². The summed E-state index contributed by atoms with van der Waals surface area (Å²) in [6.45, 7) is 6.58. The third-order valence-electron chi connectivity index (χ3n) is 3.25. The van der Waals surface area contributed by atoms with Crippen LogP contribution in [-0.2, 0) is 4.79 Å². The molecule has 1 aromatic rings. The van der Waals surface area contributed by atoms with Crippen LogP contribution in [0.5, 0.6) is 0 Å². The average Bonchev–Trinajstić information content (AvgIpc) is 2.68. The fourth-order valence-electron chi connectivity index (χ4n) is 2.17. The number of anilines is 1. The van der Waals surface area contributed by atoms with Crippen molar-refractivity contribution in [2.45, 2.75) is 20.3 Å². The number of para-hydroxylation sites is 1. The van der Waals surface area contributed by atoms with Crippen LogP contribution in [0.25, 0.3) is 0 Å². The van der Waals surface area contributed by atoms with Gasteiger partial charge < -0.3 is 10.2 Å². The zero-order valence-electron chi connectivity index (χ0n) is 11.0. The first kappa shape index (κ1) is 14.8. The molecule has 1 saturated heterocycles. The Hall–Kier alpha value is -1.22. The van der Waals surface area contributed by atoms with Crippen molar-refractivity contribution in [1.82, 2.24) is 4.90 Å². The maximum Gasteiger partial charge on any atom is 0.241 e. The van der Waals surface area contributed by atoms with Gasteiger partial charge >= 0.3 is 0 Å². The first-order valence-electron chi connectivity index (χ1n) is 6.14. The third kappa shape index (κ3) is 3.91. The van der Waals surface area contributed by atoms with Crippen LogP contribution in [0, 0.1) is 5.41 Å². The Bertz CT molecular complexity index is 392. The normalized spacial score (nSPS) is 17.1. The lowest BCUT2D eigenvalue weighted by molar-refractivity contribution is -0.128. The Kier molecular flexibility index (Phi) is 5.03. The molecule has 1 heterocycles. The number of amides is 1. The van der Waals surface area contributed by atoms with Crippen molar-refractivity contribution in [2.24, 2.45) is 5.41 Å². The number of nitrogens with one attached hydrogen (secondary N) is 1. The van der Waals surface area contributed by atoms with E-state index in [0.717, 1.165) is 25.2 Å². The molecule has 1 N–H and O–H groups in total. The second-order valence-corrected chi connectivity index (χ2v) is 5.45. The molecule has 0 spiro atoms. The number of benzene rings is 1. The van der Waals surface area contributed by atoms with Gasteiger partial charge in [0.05, 0.1) is 6.54 Å². The van der Waals surface area contributed by atoms with Gasteiger partial charge in [-0.2, -0.15) is 0 Å². The van der Waals surface area contributed by atoms with Crippen LogP contribution in [0.1, 0.15) is 20.3 Å². The maximum atomic E-state index is 12.0. The predicted molar refractivity (Wildman–Crippen MR) is 77.2 cm³/mol. The van der Waals surface area contributed by atoms with E-state index >= 15 is 0 Å². The second-order valence-electron chi connectivity index (χ2n) is 5.45. The zero-order valence-corrected chi connectivity index (χ0v) is 11.8. The molecule has 0 unspecified atom stereocenters. The summed E-state index contributed by atoms with van der Waals surface area (Å²) in [7, 11) is 0. The summed E-state index contributed by atoms with van der Waals surface area (Å²) in [4.78, 5) is 13.9. The number of hydrogen-bond acceptors (Lipinski definition) is 2. The molecule has 0 bridgehead atoms. The molecule has 0 radical (unpaired) electrons. The molecule has 100 valence electrons. The van der Waals surface area contributed by atoms with Crippen LogP contribution in [0.15, 0.2) is 30.3 Å². The molecule has 18 heavy (non-hydrogen) atoms. The molecule has 1 aliphatic heterocycles. The van der Waals surface area contributed by atoms with Crippen molar-refractivity contribution in [3.05, 3.63) is 30.3 Å². The third-order valence-corrected chi connectivity index (χ3v) is 3.25. The lowest BCUT2D eigenvalue weighted by Crippen LogP contribution is -2.34. The van der Waals surface area contributed by atoms with Crippen molar-refractivity contribution in [2.75, 3.05) is 25.0 Å². The number of likely N-dealkylation sites (tertiary alicyclic amines) is 1. The molecule has 2 rings (SSSR count). The summed E-state index contributed by atoms with van der Waals surface area (Å²) >= 11 is 0. The highest BCUT2D eigenvalue weighted by molar-refractivity contribution is 5.85. The summed E-state index contributed by atoms with van der Waals surface area (Å²) in [6.07, 6.45) is 1.10. The quantitative estimate of drug-likeness (QED) is 0.914. The summed E-state index contributed by atoms with van der Waals surface area (Å²) in [5.74, 6) is 0.194. The molecule has 1 fully saturated rings. The van der Waals surface area contributed by atoms with E-state index < -0.39 is 0 Å². The highest BCUT2D eigenvalue weighted by atomic mass is 35.5. The number of halogens is 1. The first-order chi connectivity index (χ1) is 8.07. The number of carbonyl (C=O) groups excluding carboxylic acids is 1. The van der Waals surface area contributed by atoms with E-state index in [2.05, 4.69) is 19.2 Å². The number of hydrogen-bond donors (Lipinski definition) is 1. The zero-order chi connectivity index (χ0) is 12.3. The Morgan fingerprint density at radius 2 is 2.00 bits per heavy atom. The molecule has 3 nitrogen and oxygen atoms in total. The number of rotatable bonds is 3. The van der Waals surface area contributed by atoms with Gasteiger partial charge in [-0.25, -0.2) is 0 Å². The van der Waals surface area contributed by atoms with Crippen LogP contribution in [0.3, 0.4) is 0 Å². The SMILES string of the molecule is CC1(C)CCN(C(=O)CNc2ccccc2)C1.Cl. The van der Waals surface area contributed by atoms with Crippen molar-refractivity contribution in [1.29, 1.82) is 0 Å². The van der Waals surface area contributed by atoms with E-state index in [-0.39, 0.29) is 23.7 Å². The number of carbonyl (C=O) groups is 1.